The first kappa shape index (κ1) is 17.9. The van der Waals surface area contributed by atoms with Crippen LogP contribution in [-0.4, -0.2) is 41.8 Å². The summed E-state index contributed by atoms with van der Waals surface area (Å²) in [5.41, 5.74) is 0.940. The van der Waals surface area contributed by atoms with Crippen molar-refractivity contribution in [2.75, 3.05) is 19.8 Å². The average Bonchev–Trinajstić information content (AvgIpc) is 2.95. The van der Waals surface area contributed by atoms with Gasteiger partial charge in [-0.25, -0.2) is 0 Å². The van der Waals surface area contributed by atoms with E-state index in [1.165, 1.54) is 0 Å². The molecule has 0 saturated carbocycles. The molecule has 0 aliphatic carbocycles. The van der Waals surface area contributed by atoms with E-state index in [2.05, 4.69) is 0 Å². The van der Waals surface area contributed by atoms with Gasteiger partial charge >= 0.3 is 5.97 Å². The van der Waals surface area contributed by atoms with E-state index in [0.29, 0.717) is 42.7 Å². The van der Waals surface area contributed by atoms with Crippen LogP contribution in [0.5, 0.6) is 11.5 Å². The first-order valence-corrected chi connectivity index (χ1v) is 8.49. The van der Waals surface area contributed by atoms with Crippen LogP contribution in [-0.2, 0) is 11.3 Å². The molecule has 2 rings (SSSR count). The van der Waals surface area contributed by atoms with E-state index >= 15 is 0 Å². The molecule has 1 atom stereocenters. The van der Waals surface area contributed by atoms with Crippen LogP contribution in [0, 0.1) is 0 Å². The van der Waals surface area contributed by atoms with Crippen molar-refractivity contribution < 1.29 is 19.4 Å². The minimum atomic E-state index is -0.762. The molecule has 5 nitrogen and oxygen atoms in total. The van der Waals surface area contributed by atoms with Crippen molar-refractivity contribution in [1.29, 1.82) is 0 Å². The third kappa shape index (κ3) is 4.52. The minimum Gasteiger partial charge on any atom is -0.490 e. The van der Waals surface area contributed by atoms with Gasteiger partial charge in [-0.3, -0.25) is 9.69 Å². The summed E-state index contributed by atoms with van der Waals surface area (Å²) in [5.74, 6) is 0.423. The van der Waals surface area contributed by atoms with E-state index in [1.54, 1.807) is 0 Å². The highest BCUT2D eigenvalue weighted by atomic mass is 35.5. The number of halogens is 1. The van der Waals surface area contributed by atoms with Gasteiger partial charge in [0.25, 0.3) is 0 Å². The lowest BCUT2D eigenvalue weighted by atomic mass is 10.1. The summed E-state index contributed by atoms with van der Waals surface area (Å²) >= 11 is 6.35. The molecule has 0 aromatic heterocycles. The molecule has 1 aromatic carbocycles. The number of carboxylic acids is 1. The Bertz CT molecular complexity index is 550. The van der Waals surface area contributed by atoms with Gasteiger partial charge in [0.15, 0.2) is 11.5 Å². The minimum absolute atomic E-state index is 0.416. The predicted octanol–water partition coefficient (Wildman–Crippen LogP) is 3.58. The lowest BCUT2D eigenvalue weighted by molar-refractivity contribution is -0.142. The van der Waals surface area contributed by atoms with Crippen molar-refractivity contribution >= 4 is 17.6 Å². The van der Waals surface area contributed by atoms with Gasteiger partial charge in [-0.15, -0.1) is 0 Å². The summed E-state index contributed by atoms with van der Waals surface area (Å²) in [6.07, 6.45) is 2.48. The molecule has 1 aromatic rings. The molecule has 1 N–H and O–H groups in total. The van der Waals surface area contributed by atoms with Gasteiger partial charge in [0.2, 0.25) is 0 Å². The standard InChI is InChI=1S/C17H24ClNO4/c1-3-8-23-16-13(18)9-12(10-15(16)22-4-2)11-19-7-5-6-14(19)17(20)21/h9-10,14H,3-8,11H2,1-2H3,(H,20,21). The maximum atomic E-state index is 11.3. The van der Waals surface area contributed by atoms with Gasteiger partial charge < -0.3 is 14.6 Å². The summed E-state index contributed by atoms with van der Waals surface area (Å²) in [7, 11) is 0. The summed E-state index contributed by atoms with van der Waals surface area (Å²) in [6.45, 7) is 6.36. The Morgan fingerprint density at radius 2 is 2.17 bits per heavy atom. The molecule has 1 heterocycles. The largest absolute Gasteiger partial charge is 0.490 e. The van der Waals surface area contributed by atoms with Crippen LogP contribution in [0.1, 0.15) is 38.7 Å². The first-order valence-electron chi connectivity index (χ1n) is 8.11. The second-order valence-electron chi connectivity index (χ2n) is 5.65. The molecule has 128 valence electrons. The van der Waals surface area contributed by atoms with E-state index in [-0.39, 0.29) is 0 Å². The SMILES string of the molecule is CCCOc1c(Cl)cc(CN2CCCC2C(=O)O)cc1OCC. The van der Waals surface area contributed by atoms with Crippen molar-refractivity contribution in [2.24, 2.45) is 0 Å². The van der Waals surface area contributed by atoms with Gasteiger partial charge in [0, 0.05) is 6.54 Å². The van der Waals surface area contributed by atoms with Crippen LogP contribution in [0.3, 0.4) is 0 Å². The second kappa shape index (κ2) is 8.41. The van der Waals surface area contributed by atoms with Crippen molar-refractivity contribution in [1.82, 2.24) is 4.90 Å². The maximum absolute atomic E-state index is 11.3. The van der Waals surface area contributed by atoms with Gasteiger partial charge in [0.1, 0.15) is 6.04 Å². The molecule has 6 heteroatoms. The van der Waals surface area contributed by atoms with Gasteiger partial charge in [-0.1, -0.05) is 18.5 Å². The number of likely N-dealkylation sites (tertiary alicyclic amines) is 1. The van der Waals surface area contributed by atoms with Crippen LogP contribution in [0.15, 0.2) is 12.1 Å². The Balaban J connectivity index is 2.20. The lowest BCUT2D eigenvalue weighted by Gasteiger charge is -2.22. The van der Waals surface area contributed by atoms with E-state index in [1.807, 2.05) is 30.9 Å². The average molecular weight is 342 g/mol. The fraction of sp³-hybridized carbons (Fsp3) is 0.588. The second-order valence-corrected chi connectivity index (χ2v) is 6.06. The number of carbonyl (C=O) groups is 1. The molecule has 1 aliphatic heterocycles. The van der Waals surface area contributed by atoms with E-state index in [0.717, 1.165) is 24.9 Å². The Kier molecular flexibility index (Phi) is 6.54. The van der Waals surface area contributed by atoms with Crippen LogP contribution in [0.4, 0.5) is 0 Å². The molecule has 0 spiro atoms. The molecule has 0 amide bonds. The summed E-state index contributed by atoms with van der Waals surface area (Å²) in [4.78, 5) is 13.3. The number of nitrogens with zero attached hydrogens (tertiary/aromatic N) is 1. The first-order chi connectivity index (χ1) is 11.1. The molecular formula is C17H24ClNO4. The summed E-state index contributed by atoms with van der Waals surface area (Å²) < 4.78 is 11.3. The summed E-state index contributed by atoms with van der Waals surface area (Å²) in [6, 6.07) is 3.32. The van der Waals surface area contributed by atoms with E-state index < -0.39 is 12.0 Å². The number of ether oxygens (including phenoxy) is 2. The van der Waals surface area contributed by atoms with Gasteiger partial charge in [-0.05, 0) is 50.4 Å². The number of hydrogen-bond donors (Lipinski definition) is 1. The van der Waals surface area contributed by atoms with Crippen LogP contribution in [0.25, 0.3) is 0 Å². The molecule has 1 unspecified atom stereocenters. The third-order valence-electron chi connectivity index (χ3n) is 3.85. The third-order valence-corrected chi connectivity index (χ3v) is 4.13. The molecular weight excluding hydrogens is 318 g/mol. The molecule has 23 heavy (non-hydrogen) atoms. The number of benzene rings is 1. The highest BCUT2D eigenvalue weighted by molar-refractivity contribution is 6.32. The molecule has 1 fully saturated rings. The topological polar surface area (TPSA) is 59.0 Å². The lowest BCUT2D eigenvalue weighted by Crippen LogP contribution is -2.35. The number of carboxylic acid groups (broad SMARTS) is 1. The fourth-order valence-corrected chi connectivity index (χ4v) is 3.14. The van der Waals surface area contributed by atoms with Crippen LogP contribution < -0.4 is 9.47 Å². The predicted molar refractivity (Wildman–Crippen MR) is 89.5 cm³/mol. The Labute approximate surface area is 142 Å². The van der Waals surface area contributed by atoms with Crippen molar-refractivity contribution in [2.45, 2.75) is 45.7 Å². The quantitative estimate of drug-likeness (QED) is 0.783. The zero-order valence-corrected chi connectivity index (χ0v) is 14.4. The molecule has 1 saturated heterocycles. The zero-order chi connectivity index (χ0) is 16.8. The number of rotatable bonds is 8. The molecule has 1 aliphatic rings. The fourth-order valence-electron chi connectivity index (χ4n) is 2.85. The van der Waals surface area contributed by atoms with Gasteiger partial charge in [-0.2, -0.15) is 0 Å². The number of hydrogen-bond acceptors (Lipinski definition) is 4. The maximum Gasteiger partial charge on any atom is 0.320 e. The zero-order valence-electron chi connectivity index (χ0n) is 13.7. The normalized spacial score (nSPS) is 18.1. The highest BCUT2D eigenvalue weighted by Gasteiger charge is 2.30. The van der Waals surface area contributed by atoms with E-state index in [4.69, 9.17) is 21.1 Å². The van der Waals surface area contributed by atoms with E-state index in [9.17, 15) is 9.90 Å². The van der Waals surface area contributed by atoms with Crippen LogP contribution in [0.2, 0.25) is 5.02 Å². The monoisotopic (exact) mass is 341 g/mol. The summed E-state index contributed by atoms with van der Waals surface area (Å²) in [5, 5.41) is 9.79. The Hall–Kier alpha value is -1.46. The highest BCUT2D eigenvalue weighted by Crippen LogP contribution is 2.37. The van der Waals surface area contributed by atoms with Crippen molar-refractivity contribution in [3.05, 3.63) is 22.7 Å². The number of aliphatic carboxylic acids is 1. The Morgan fingerprint density at radius 1 is 1.39 bits per heavy atom. The smallest absolute Gasteiger partial charge is 0.320 e. The van der Waals surface area contributed by atoms with Crippen molar-refractivity contribution in [3.8, 4) is 11.5 Å². The van der Waals surface area contributed by atoms with Crippen molar-refractivity contribution in [3.63, 3.8) is 0 Å². The molecule has 0 radical (unpaired) electrons. The molecule has 0 bridgehead atoms. The van der Waals surface area contributed by atoms with Gasteiger partial charge in [0.05, 0.1) is 18.2 Å². The Morgan fingerprint density at radius 3 is 2.83 bits per heavy atom. The van der Waals surface area contributed by atoms with Crippen LogP contribution >= 0.6 is 11.6 Å².